The number of hydrogen-bond acceptors (Lipinski definition) is 4. The van der Waals surface area contributed by atoms with Crippen LogP contribution in [0.4, 0.5) is 17.1 Å². The molecule has 1 unspecified atom stereocenters. The van der Waals surface area contributed by atoms with E-state index in [0.29, 0.717) is 29.4 Å². The SMILES string of the molecule is COc1ccc(NC(C)C(=O)Nc2ccc(Cl)cc2)cc1N1CCCC1=O. The van der Waals surface area contributed by atoms with Gasteiger partial charge in [0.1, 0.15) is 11.8 Å². The number of methoxy groups -OCH3 is 1. The van der Waals surface area contributed by atoms with Crippen LogP contribution in [-0.4, -0.2) is 31.5 Å². The maximum atomic E-state index is 12.4. The van der Waals surface area contributed by atoms with Crippen molar-refractivity contribution in [1.82, 2.24) is 0 Å². The summed E-state index contributed by atoms with van der Waals surface area (Å²) in [6.07, 6.45) is 1.38. The van der Waals surface area contributed by atoms with Crippen molar-refractivity contribution >= 4 is 40.5 Å². The van der Waals surface area contributed by atoms with Gasteiger partial charge in [0.05, 0.1) is 12.8 Å². The van der Waals surface area contributed by atoms with Gasteiger partial charge < -0.3 is 20.3 Å². The fourth-order valence-corrected chi connectivity index (χ4v) is 3.12. The molecule has 142 valence electrons. The van der Waals surface area contributed by atoms with Crippen LogP contribution in [-0.2, 0) is 9.59 Å². The average molecular weight is 388 g/mol. The van der Waals surface area contributed by atoms with Gasteiger partial charge in [-0.1, -0.05) is 11.6 Å². The lowest BCUT2D eigenvalue weighted by molar-refractivity contribution is -0.117. The fraction of sp³-hybridized carbons (Fsp3) is 0.300. The number of ether oxygens (including phenoxy) is 1. The highest BCUT2D eigenvalue weighted by molar-refractivity contribution is 6.30. The number of carbonyl (C=O) groups excluding carboxylic acids is 2. The van der Waals surface area contributed by atoms with Gasteiger partial charge in [0, 0.05) is 29.4 Å². The second-order valence-electron chi connectivity index (χ2n) is 6.40. The summed E-state index contributed by atoms with van der Waals surface area (Å²) in [5.74, 6) is 0.542. The van der Waals surface area contributed by atoms with E-state index in [-0.39, 0.29) is 11.8 Å². The Morgan fingerprint density at radius 3 is 2.52 bits per heavy atom. The first kappa shape index (κ1) is 19.0. The molecule has 1 aliphatic rings. The summed E-state index contributed by atoms with van der Waals surface area (Å²) in [4.78, 5) is 26.2. The quantitative estimate of drug-likeness (QED) is 0.788. The molecule has 3 rings (SSSR count). The van der Waals surface area contributed by atoms with Crippen LogP contribution in [0.2, 0.25) is 5.02 Å². The Hall–Kier alpha value is -2.73. The molecule has 2 aromatic rings. The van der Waals surface area contributed by atoms with Crippen molar-refractivity contribution < 1.29 is 14.3 Å². The zero-order valence-electron chi connectivity index (χ0n) is 15.3. The number of nitrogens with one attached hydrogen (secondary N) is 2. The summed E-state index contributed by atoms with van der Waals surface area (Å²) in [6.45, 7) is 2.45. The Kier molecular flexibility index (Phi) is 5.86. The van der Waals surface area contributed by atoms with Crippen LogP contribution in [0.5, 0.6) is 5.75 Å². The van der Waals surface area contributed by atoms with E-state index in [1.165, 1.54) is 0 Å². The molecule has 1 atom stereocenters. The number of carbonyl (C=O) groups is 2. The minimum Gasteiger partial charge on any atom is -0.495 e. The van der Waals surface area contributed by atoms with Gasteiger partial charge in [-0.3, -0.25) is 9.59 Å². The van der Waals surface area contributed by atoms with Crippen molar-refractivity contribution in [2.75, 3.05) is 29.2 Å². The van der Waals surface area contributed by atoms with Gasteiger partial charge in [0.15, 0.2) is 0 Å². The van der Waals surface area contributed by atoms with Gasteiger partial charge in [0.2, 0.25) is 11.8 Å². The molecule has 1 heterocycles. The van der Waals surface area contributed by atoms with Crippen molar-refractivity contribution in [1.29, 1.82) is 0 Å². The third-order valence-electron chi connectivity index (χ3n) is 4.43. The maximum absolute atomic E-state index is 12.4. The van der Waals surface area contributed by atoms with Crippen molar-refractivity contribution in [3.8, 4) is 5.75 Å². The van der Waals surface area contributed by atoms with E-state index >= 15 is 0 Å². The first-order valence-electron chi connectivity index (χ1n) is 8.79. The highest BCUT2D eigenvalue weighted by Gasteiger charge is 2.25. The molecule has 2 N–H and O–H groups in total. The number of benzene rings is 2. The molecule has 0 radical (unpaired) electrons. The van der Waals surface area contributed by atoms with Crippen molar-refractivity contribution in [2.24, 2.45) is 0 Å². The Labute approximate surface area is 163 Å². The van der Waals surface area contributed by atoms with E-state index in [1.54, 1.807) is 49.3 Å². The molecule has 0 bridgehead atoms. The van der Waals surface area contributed by atoms with E-state index in [4.69, 9.17) is 16.3 Å². The molecule has 0 aromatic heterocycles. The van der Waals surface area contributed by atoms with E-state index in [2.05, 4.69) is 10.6 Å². The summed E-state index contributed by atoms with van der Waals surface area (Å²) < 4.78 is 5.39. The average Bonchev–Trinajstić information content (AvgIpc) is 3.09. The molecule has 7 heteroatoms. The van der Waals surface area contributed by atoms with Crippen molar-refractivity contribution in [3.63, 3.8) is 0 Å². The lowest BCUT2D eigenvalue weighted by Gasteiger charge is -2.21. The van der Waals surface area contributed by atoms with Crippen molar-refractivity contribution in [2.45, 2.75) is 25.8 Å². The zero-order valence-corrected chi connectivity index (χ0v) is 16.0. The Balaban J connectivity index is 1.71. The summed E-state index contributed by atoms with van der Waals surface area (Å²) in [5, 5.41) is 6.62. The molecule has 1 saturated heterocycles. The number of anilines is 3. The van der Waals surface area contributed by atoms with E-state index in [1.807, 2.05) is 12.1 Å². The Bertz CT molecular complexity index is 839. The third-order valence-corrected chi connectivity index (χ3v) is 4.68. The topological polar surface area (TPSA) is 70.7 Å². The molecule has 0 aliphatic carbocycles. The Morgan fingerprint density at radius 1 is 1.19 bits per heavy atom. The van der Waals surface area contributed by atoms with Crippen LogP contribution in [0.25, 0.3) is 0 Å². The molecule has 2 amide bonds. The van der Waals surface area contributed by atoms with Crippen LogP contribution in [0.15, 0.2) is 42.5 Å². The number of nitrogens with zero attached hydrogens (tertiary/aromatic N) is 1. The number of hydrogen-bond donors (Lipinski definition) is 2. The summed E-state index contributed by atoms with van der Waals surface area (Å²) in [6, 6.07) is 11.9. The zero-order chi connectivity index (χ0) is 19.4. The van der Waals surface area contributed by atoms with Crippen LogP contribution in [0, 0.1) is 0 Å². The molecule has 6 nitrogen and oxygen atoms in total. The monoisotopic (exact) mass is 387 g/mol. The molecule has 1 aliphatic heterocycles. The predicted molar refractivity (Wildman–Crippen MR) is 108 cm³/mol. The van der Waals surface area contributed by atoms with Crippen LogP contribution in [0.3, 0.4) is 0 Å². The van der Waals surface area contributed by atoms with Crippen molar-refractivity contribution in [3.05, 3.63) is 47.5 Å². The molecule has 0 spiro atoms. The van der Waals surface area contributed by atoms with Gasteiger partial charge in [-0.25, -0.2) is 0 Å². The van der Waals surface area contributed by atoms with Gasteiger partial charge in [-0.2, -0.15) is 0 Å². The minimum absolute atomic E-state index is 0.0824. The standard InChI is InChI=1S/C20H22ClN3O3/c1-13(20(26)23-15-7-5-14(21)6-8-15)22-16-9-10-18(27-2)17(12-16)24-11-3-4-19(24)25/h5-10,12-13,22H,3-4,11H2,1-2H3,(H,23,26). The lowest BCUT2D eigenvalue weighted by Crippen LogP contribution is -2.32. The maximum Gasteiger partial charge on any atom is 0.246 e. The predicted octanol–water partition coefficient (Wildman–Crippen LogP) is 3.91. The van der Waals surface area contributed by atoms with Crippen LogP contribution in [0.1, 0.15) is 19.8 Å². The molecular weight excluding hydrogens is 366 g/mol. The fourth-order valence-electron chi connectivity index (χ4n) is 2.99. The van der Waals surface area contributed by atoms with Crippen LogP contribution < -0.4 is 20.3 Å². The molecule has 1 fully saturated rings. The molecule has 2 aromatic carbocycles. The molecular formula is C20H22ClN3O3. The second kappa shape index (κ2) is 8.31. The highest BCUT2D eigenvalue weighted by Crippen LogP contribution is 2.34. The smallest absolute Gasteiger partial charge is 0.246 e. The number of rotatable bonds is 6. The largest absolute Gasteiger partial charge is 0.495 e. The summed E-state index contributed by atoms with van der Waals surface area (Å²) in [7, 11) is 1.58. The summed E-state index contributed by atoms with van der Waals surface area (Å²) in [5.41, 5.74) is 2.13. The van der Waals surface area contributed by atoms with E-state index < -0.39 is 6.04 Å². The normalized spacial score (nSPS) is 14.8. The number of halogens is 1. The lowest BCUT2D eigenvalue weighted by atomic mass is 10.2. The van der Waals surface area contributed by atoms with Crippen LogP contribution >= 0.6 is 11.6 Å². The van der Waals surface area contributed by atoms with Gasteiger partial charge in [-0.05, 0) is 55.8 Å². The summed E-state index contributed by atoms with van der Waals surface area (Å²) >= 11 is 5.86. The Morgan fingerprint density at radius 2 is 1.89 bits per heavy atom. The van der Waals surface area contributed by atoms with Gasteiger partial charge in [0.25, 0.3) is 0 Å². The number of amides is 2. The first-order valence-corrected chi connectivity index (χ1v) is 9.17. The highest BCUT2D eigenvalue weighted by atomic mass is 35.5. The third kappa shape index (κ3) is 4.52. The first-order chi connectivity index (χ1) is 13.0. The van der Waals surface area contributed by atoms with E-state index in [9.17, 15) is 9.59 Å². The van der Waals surface area contributed by atoms with Gasteiger partial charge >= 0.3 is 0 Å². The second-order valence-corrected chi connectivity index (χ2v) is 6.83. The van der Waals surface area contributed by atoms with E-state index in [0.717, 1.165) is 17.8 Å². The van der Waals surface area contributed by atoms with Gasteiger partial charge in [-0.15, -0.1) is 0 Å². The molecule has 27 heavy (non-hydrogen) atoms. The molecule has 0 saturated carbocycles. The minimum atomic E-state index is -0.476.